The number of halogens is 1. The summed E-state index contributed by atoms with van der Waals surface area (Å²) in [6.07, 6.45) is 8.12. The number of aliphatic hydroxyl groups excluding tert-OH is 2. The van der Waals surface area contributed by atoms with E-state index in [4.69, 9.17) is 33.7 Å². The maximum atomic E-state index is 14.9. The van der Waals surface area contributed by atoms with Crippen LogP contribution in [0, 0.1) is 23.6 Å². The second kappa shape index (κ2) is 22.6. The lowest BCUT2D eigenvalue weighted by Gasteiger charge is -2.60. The van der Waals surface area contributed by atoms with E-state index in [2.05, 4.69) is 23.6 Å². The van der Waals surface area contributed by atoms with Crippen LogP contribution in [0.3, 0.4) is 0 Å². The molecule has 2 fully saturated rings. The summed E-state index contributed by atoms with van der Waals surface area (Å²) in [5.74, 6) is -1.17. The molecule has 3 aromatic rings. The second-order valence-corrected chi connectivity index (χ2v) is 18.6. The molecule has 7 rings (SSSR count). The van der Waals surface area contributed by atoms with Gasteiger partial charge in [-0.3, -0.25) is 9.80 Å². The SMILES string of the molecule is C=CCO[C@@]12Oc3ccc(OCCN4CC4)cc3[C@H]3[C@H](CCCCO)[C@@H](CCCCO)C=C(C(=NOC(C)(C)C)C[C@@H]1N(Cc1ccc(F)cc1)C(=O)OCCOCc1ccccc1)[C@H]32. The fourth-order valence-corrected chi connectivity index (χ4v) is 9.64. The van der Waals surface area contributed by atoms with E-state index in [1.807, 2.05) is 63.2 Å². The van der Waals surface area contributed by atoms with Crippen molar-refractivity contribution in [1.29, 1.82) is 0 Å². The van der Waals surface area contributed by atoms with E-state index in [-0.39, 0.29) is 63.8 Å². The Morgan fingerprint density at radius 1 is 0.969 bits per heavy atom. The third-order valence-electron chi connectivity index (χ3n) is 12.7. The lowest BCUT2D eigenvalue weighted by Crippen LogP contribution is -2.70. The van der Waals surface area contributed by atoms with E-state index < -0.39 is 35.3 Å². The molecule has 0 radical (unpaired) electrons. The minimum Gasteiger partial charge on any atom is -0.492 e. The van der Waals surface area contributed by atoms with Gasteiger partial charge in [-0.05, 0) is 105 Å². The van der Waals surface area contributed by atoms with Crippen LogP contribution in [0.4, 0.5) is 9.18 Å². The third-order valence-corrected chi connectivity index (χ3v) is 12.7. The summed E-state index contributed by atoms with van der Waals surface area (Å²) in [5, 5.41) is 24.9. The van der Waals surface area contributed by atoms with Crippen LogP contribution in [-0.4, -0.2) is 109 Å². The van der Waals surface area contributed by atoms with Gasteiger partial charge >= 0.3 is 6.09 Å². The van der Waals surface area contributed by atoms with Crippen molar-refractivity contribution in [2.45, 2.75) is 102 Å². The van der Waals surface area contributed by atoms with E-state index in [0.29, 0.717) is 43.1 Å². The molecule has 1 saturated carbocycles. The normalized spacial score (nSPS) is 24.0. The molecule has 2 heterocycles. The Hall–Kier alpha value is -4.79. The highest BCUT2D eigenvalue weighted by molar-refractivity contribution is 6.03. The first-order valence-corrected chi connectivity index (χ1v) is 23.4. The Morgan fingerprint density at radius 3 is 2.43 bits per heavy atom. The fourth-order valence-electron chi connectivity index (χ4n) is 9.64. The number of rotatable bonds is 24. The number of nitrogens with zero attached hydrogens (tertiary/aromatic N) is 3. The number of unbranched alkanes of at least 4 members (excludes halogenated alkanes) is 2. The van der Waals surface area contributed by atoms with Crippen LogP contribution in [0.25, 0.3) is 0 Å². The molecule has 2 aliphatic heterocycles. The Bertz CT molecular complexity index is 2070. The topological polar surface area (TPSA) is 132 Å². The maximum Gasteiger partial charge on any atom is 0.410 e. The average Bonchev–Trinajstić information content (AvgIpc) is 4.13. The van der Waals surface area contributed by atoms with Gasteiger partial charge in [0.05, 0.1) is 31.5 Å². The van der Waals surface area contributed by atoms with Crippen LogP contribution in [-0.2, 0) is 32.2 Å². The van der Waals surface area contributed by atoms with Crippen LogP contribution >= 0.6 is 0 Å². The molecule has 6 atom stereocenters. The quantitative estimate of drug-likeness (QED) is 0.0390. The molecular formula is C52H68FN3O9. The summed E-state index contributed by atoms with van der Waals surface area (Å²) in [5.41, 5.74) is 3.62. The number of amides is 1. The average molecular weight is 898 g/mol. The van der Waals surface area contributed by atoms with Crippen LogP contribution < -0.4 is 9.47 Å². The lowest BCUT2D eigenvalue weighted by atomic mass is 9.55. The van der Waals surface area contributed by atoms with E-state index in [9.17, 15) is 19.4 Å². The van der Waals surface area contributed by atoms with Gasteiger partial charge in [-0.15, -0.1) is 6.58 Å². The fraction of sp³-hybridized carbons (Fsp3) is 0.538. The Labute approximate surface area is 384 Å². The molecule has 2 aliphatic carbocycles. The maximum absolute atomic E-state index is 14.9. The van der Waals surface area contributed by atoms with Gasteiger partial charge in [0.15, 0.2) is 0 Å². The number of ether oxygens (including phenoxy) is 5. The lowest BCUT2D eigenvalue weighted by molar-refractivity contribution is -0.256. The van der Waals surface area contributed by atoms with Crippen molar-refractivity contribution in [2.75, 3.05) is 59.3 Å². The zero-order chi connectivity index (χ0) is 45.8. The first-order valence-electron chi connectivity index (χ1n) is 23.4. The van der Waals surface area contributed by atoms with E-state index in [1.165, 1.54) is 12.1 Å². The molecule has 0 bridgehead atoms. The van der Waals surface area contributed by atoms with Crippen LogP contribution in [0.2, 0.25) is 0 Å². The molecule has 3 aromatic carbocycles. The summed E-state index contributed by atoms with van der Waals surface area (Å²) >= 11 is 0. The Balaban J connectivity index is 1.36. The predicted molar refractivity (Wildman–Crippen MR) is 247 cm³/mol. The minimum absolute atomic E-state index is 0.0171. The van der Waals surface area contributed by atoms with Crippen LogP contribution in [0.5, 0.6) is 11.5 Å². The molecule has 0 aromatic heterocycles. The number of hydrogen-bond acceptors (Lipinski definition) is 11. The molecule has 0 unspecified atom stereocenters. The molecule has 12 nitrogen and oxygen atoms in total. The van der Waals surface area contributed by atoms with Crippen molar-refractivity contribution in [3.63, 3.8) is 0 Å². The zero-order valence-corrected chi connectivity index (χ0v) is 38.4. The van der Waals surface area contributed by atoms with Crippen molar-refractivity contribution >= 4 is 11.8 Å². The zero-order valence-electron chi connectivity index (χ0n) is 38.4. The number of hydrogen-bond donors (Lipinski definition) is 2. The van der Waals surface area contributed by atoms with Gasteiger partial charge in [-0.1, -0.05) is 72.6 Å². The highest BCUT2D eigenvalue weighted by atomic mass is 19.1. The standard InChI is InChI=1S/C52H68FN3O9/c1-5-28-63-52-47(56(35-37-17-19-40(53)20-18-37)50(59)62-31-30-60-36-38-13-7-6-8-14-38)34-45(54-65-51(2,3)4)43-32-39(15-9-11-26-57)42(16-10-12-27-58)48(49(43)52)44-33-41(21-22-46(44)64-52)61-29-25-55-23-24-55/h5-8,13-14,17-22,32-33,39,42,47-49,57-58H,1,9-12,15-16,23-31,34-36H2,2-4H3/t39-,42+,47-,48+,49+,52+/m0/s1. The van der Waals surface area contributed by atoms with Gasteiger partial charge in [0.2, 0.25) is 5.79 Å². The van der Waals surface area contributed by atoms with Gasteiger partial charge < -0.3 is 38.7 Å². The molecule has 2 N–H and O–H groups in total. The molecule has 65 heavy (non-hydrogen) atoms. The number of aliphatic hydroxyl groups is 2. The molecule has 352 valence electrons. The molecular weight excluding hydrogens is 830 g/mol. The highest BCUT2D eigenvalue weighted by Crippen LogP contribution is 2.62. The van der Waals surface area contributed by atoms with Gasteiger partial charge in [-0.2, -0.15) is 0 Å². The van der Waals surface area contributed by atoms with Crippen LogP contribution in [0.1, 0.15) is 88.3 Å². The first kappa shape index (κ1) is 48.2. The van der Waals surface area contributed by atoms with Crippen molar-refractivity contribution in [3.05, 3.63) is 120 Å². The molecule has 1 saturated heterocycles. The molecule has 13 heteroatoms. The second-order valence-electron chi connectivity index (χ2n) is 18.6. The van der Waals surface area contributed by atoms with Crippen molar-refractivity contribution < 1.29 is 47.9 Å². The summed E-state index contributed by atoms with van der Waals surface area (Å²) in [4.78, 5) is 25.1. The summed E-state index contributed by atoms with van der Waals surface area (Å²) in [7, 11) is 0. The van der Waals surface area contributed by atoms with Gasteiger partial charge in [0.25, 0.3) is 0 Å². The number of allylic oxidation sites excluding steroid dienone is 1. The summed E-state index contributed by atoms with van der Waals surface area (Å²) in [6.45, 7) is 14.3. The largest absolute Gasteiger partial charge is 0.492 e. The van der Waals surface area contributed by atoms with E-state index in [0.717, 1.165) is 67.8 Å². The predicted octanol–water partition coefficient (Wildman–Crippen LogP) is 8.81. The first-order chi connectivity index (χ1) is 31.5. The molecule has 4 aliphatic rings. The number of fused-ring (bicyclic) bond motifs is 2. The van der Waals surface area contributed by atoms with Crippen molar-refractivity contribution in [1.82, 2.24) is 9.80 Å². The number of oxime groups is 1. The van der Waals surface area contributed by atoms with Crippen molar-refractivity contribution in [2.24, 2.45) is 22.9 Å². The molecule has 1 amide bonds. The Kier molecular flexibility index (Phi) is 16.7. The molecule has 0 spiro atoms. The third kappa shape index (κ3) is 12.4. The number of carbonyl (C=O) groups excluding carboxylic acids is 1. The van der Waals surface area contributed by atoms with Crippen molar-refractivity contribution in [3.8, 4) is 11.5 Å². The minimum atomic E-state index is -1.51. The highest BCUT2D eigenvalue weighted by Gasteiger charge is 2.65. The van der Waals surface area contributed by atoms with Crippen LogP contribution in [0.15, 0.2) is 102 Å². The van der Waals surface area contributed by atoms with E-state index in [1.54, 1.807) is 23.1 Å². The van der Waals surface area contributed by atoms with E-state index >= 15 is 0 Å². The number of benzene rings is 3. The summed E-state index contributed by atoms with van der Waals surface area (Å²) in [6, 6.07) is 21.0. The monoisotopic (exact) mass is 897 g/mol. The van der Waals surface area contributed by atoms with Gasteiger partial charge in [0.1, 0.15) is 42.2 Å². The summed E-state index contributed by atoms with van der Waals surface area (Å²) < 4.78 is 47.3. The van der Waals surface area contributed by atoms with Gasteiger partial charge in [0, 0.05) is 57.3 Å². The Morgan fingerprint density at radius 2 is 1.72 bits per heavy atom. The smallest absolute Gasteiger partial charge is 0.410 e. The number of carbonyl (C=O) groups is 1. The van der Waals surface area contributed by atoms with Gasteiger partial charge in [-0.25, -0.2) is 9.18 Å².